The van der Waals surface area contributed by atoms with Crippen molar-refractivity contribution < 1.29 is 28.3 Å². The second kappa shape index (κ2) is 16.9. The number of amides is 3. The molecular formula is C39H46N7O5+. The van der Waals surface area contributed by atoms with Gasteiger partial charge in [0.1, 0.15) is 17.9 Å². The molecule has 0 aliphatic carbocycles. The van der Waals surface area contributed by atoms with Gasteiger partial charge in [0.25, 0.3) is 17.7 Å². The van der Waals surface area contributed by atoms with Gasteiger partial charge < -0.3 is 39.0 Å². The fourth-order valence-corrected chi connectivity index (χ4v) is 5.46. The Labute approximate surface area is 298 Å². The number of hydrogen-bond donors (Lipinski definition) is 3. The Balaban J connectivity index is 1.11. The normalized spacial score (nSPS) is 11.6. The Bertz CT molecular complexity index is 2010. The van der Waals surface area contributed by atoms with Crippen LogP contribution in [0.25, 0.3) is 23.1 Å². The first-order valence-electron chi connectivity index (χ1n) is 16.8. The Morgan fingerprint density at radius 1 is 0.765 bits per heavy atom. The summed E-state index contributed by atoms with van der Waals surface area (Å²) in [4.78, 5) is 43.7. The molecule has 3 heterocycles. The number of para-hydroxylation sites is 1. The van der Waals surface area contributed by atoms with Gasteiger partial charge in [-0.25, -0.2) is 0 Å². The summed E-state index contributed by atoms with van der Waals surface area (Å²) in [7, 11) is 9.30. The summed E-state index contributed by atoms with van der Waals surface area (Å²) in [5.41, 5.74) is 5.09. The van der Waals surface area contributed by atoms with E-state index >= 15 is 0 Å². The number of carbonyl (C=O) groups is 3. The van der Waals surface area contributed by atoms with Crippen LogP contribution in [-0.4, -0.2) is 97.0 Å². The summed E-state index contributed by atoms with van der Waals surface area (Å²) in [6, 6.07) is 20.6. The molecule has 0 bridgehead atoms. The molecule has 0 radical (unpaired) electrons. The van der Waals surface area contributed by atoms with Gasteiger partial charge in [-0.2, -0.15) is 0 Å². The minimum atomic E-state index is -0.375. The van der Waals surface area contributed by atoms with E-state index in [1.54, 1.807) is 67.0 Å². The van der Waals surface area contributed by atoms with E-state index in [0.29, 0.717) is 59.2 Å². The van der Waals surface area contributed by atoms with E-state index < -0.39 is 0 Å². The summed E-state index contributed by atoms with van der Waals surface area (Å²) in [6.07, 6.45) is 9.16. The van der Waals surface area contributed by atoms with Crippen molar-refractivity contribution in [2.24, 2.45) is 14.1 Å². The van der Waals surface area contributed by atoms with Crippen LogP contribution in [0.15, 0.2) is 85.3 Å². The van der Waals surface area contributed by atoms with E-state index in [0.717, 1.165) is 35.1 Å². The lowest BCUT2D eigenvalue weighted by Crippen LogP contribution is -2.47. The smallest absolute Gasteiger partial charge is 0.272 e. The second-order valence-corrected chi connectivity index (χ2v) is 13.0. The summed E-state index contributed by atoms with van der Waals surface area (Å²) < 4.78 is 14.6. The van der Waals surface area contributed by atoms with E-state index in [-0.39, 0.29) is 17.7 Å². The predicted molar refractivity (Wildman–Crippen MR) is 201 cm³/mol. The summed E-state index contributed by atoms with van der Waals surface area (Å²) in [5, 5.41) is 9.78. The second-order valence-electron chi connectivity index (χ2n) is 13.0. The number of anilines is 2. The average molecular weight is 693 g/mol. The molecule has 0 spiro atoms. The van der Waals surface area contributed by atoms with E-state index in [2.05, 4.69) is 41.1 Å². The molecule has 12 nitrogen and oxygen atoms in total. The quantitative estimate of drug-likeness (QED) is 0.0981. The van der Waals surface area contributed by atoms with Gasteiger partial charge in [-0.1, -0.05) is 42.5 Å². The predicted octanol–water partition coefficient (Wildman–Crippen LogP) is 5.06. The molecule has 3 amide bonds. The lowest BCUT2D eigenvalue weighted by atomic mass is 10.1. The van der Waals surface area contributed by atoms with E-state index in [1.807, 2.05) is 54.7 Å². The molecular weight excluding hydrogens is 646 g/mol. The number of carbonyl (C=O) groups excluding carboxylic acids is 3. The van der Waals surface area contributed by atoms with Crippen LogP contribution in [0.3, 0.4) is 0 Å². The summed E-state index contributed by atoms with van der Waals surface area (Å²) in [6.45, 7) is 3.75. The molecule has 5 aromatic rings. The zero-order valence-electron chi connectivity index (χ0n) is 29.8. The molecule has 0 fully saturated rings. The molecule has 0 saturated heterocycles. The average Bonchev–Trinajstić information content (AvgIpc) is 3.67. The van der Waals surface area contributed by atoms with Crippen molar-refractivity contribution in [3.05, 3.63) is 113 Å². The van der Waals surface area contributed by atoms with Gasteiger partial charge in [-0.05, 0) is 47.5 Å². The highest BCUT2D eigenvalue weighted by atomic mass is 16.5. The molecule has 12 heteroatoms. The Kier molecular flexibility index (Phi) is 12.2. The number of quaternary nitrogens is 1. The molecule has 3 N–H and O–H groups in total. The maximum Gasteiger partial charge on any atom is 0.272 e. The Morgan fingerprint density at radius 3 is 2.12 bits per heavy atom. The van der Waals surface area contributed by atoms with Crippen LogP contribution in [-0.2, 0) is 23.6 Å². The van der Waals surface area contributed by atoms with Gasteiger partial charge in [0.05, 0.1) is 63.9 Å². The van der Waals surface area contributed by atoms with Crippen molar-refractivity contribution in [3.8, 4) is 0 Å². The number of likely N-dealkylation sites (N-methyl/N-ethyl adjacent to an activating group) is 1. The van der Waals surface area contributed by atoms with Gasteiger partial charge in [0.2, 0.25) is 0 Å². The van der Waals surface area contributed by atoms with Crippen LogP contribution < -0.4 is 16.0 Å². The van der Waals surface area contributed by atoms with Gasteiger partial charge in [-0.15, -0.1) is 0 Å². The first-order chi connectivity index (χ1) is 24.5. The summed E-state index contributed by atoms with van der Waals surface area (Å²) in [5.74, 6) is -0.900. The van der Waals surface area contributed by atoms with Crippen molar-refractivity contribution >= 4 is 52.2 Å². The number of ether oxygens (including phenoxy) is 2. The van der Waals surface area contributed by atoms with Gasteiger partial charge in [0, 0.05) is 50.7 Å². The minimum Gasteiger partial charge on any atom is -0.382 e. The first kappa shape index (κ1) is 36.7. The van der Waals surface area contributed by atoms with E-state index in [4.69, 9.17) is 9.47 Å². The third kappa shape index (κ3) is 10.2. The molecule has 0 aliphatic rings. The van der Waals surface area contributed by atoms with Gasteiger partial charge in [0.15, 0.2) is 0 Å². The third-order valence-corrected chi connectivity index (χ3v) is 8.52. The molecule has 0 atom stereocenters. The van der Waals surface area contributed by atoms with Crippen molar-refractivity contribution in [1.82, 2.24) is 19.4 Å². The first-order valence-corrected chi connectivity index (χ1v) is 16.8. The van der Waals surface area contributed by atoms with Crippen LogP contribution in [0.1, 0.15) is 42.5 Å². The molecule has 5 rings (SSSR count). The van der Waals surface area contributed by atoms with Crippen LogP contribution in [0.2, 0.25) is 0 Å². The Hall–Kier alpha value is -5.56. The van der Waals surface area contributed by atoms with Crippen LogP contribution >= 0.6 is 0 Å². The number of fused-ring (bicyclic) bond motifs is 1. The zero-order valence-corrected chi connectivity index (χ0v) is 29.8. The number of methoxy groups -OCH3 is 1. The highest BCUT2D eigenvalue weighted by Crippen LogP contribution is 2.19. The highest BCUT2D eigenvalue weighted by Gasteiger charge is 2.19. The van der Waals surface area contributed by atoms with Crippen molar-refractivity contribution in [1.29, 1.82) is 0 Å². The molecule has 0 saturated carbocycles. The molecule has 3 aromatic heterocycles. The van der Waals surface area contributed by atoms with E-state index in [1.165, 1.54) is 0 Å². The number of benzene rings is 2. The molecule has 266 valence electrons. The topological polar surface area (TPSA) is 129 Å². The standard InChI is InChI=1S/C39H45N7O5/c1-44-27-33(23-35(44)38(48)40-16-17-46(3,4)18-19-51-21-20-50-5)43-39(49)36-24-32(26-45(36)2)42-37(47)30-14-12-28(13-15-30)10-11-29-22-31-8-6-7-9-34(31)41-25-29/h6-15,22-27H,16-21H2,1-5H3,(H2-,40,42,43,47,48,49)/p+1/b11-10+. The summed E-state index contributed by atoms with van der Waals surface area (Å²) >= 11 is 0. The molecule has 51 heavy (non-hydrogen) atoms. The number of aryl methyl sites for hydroxylation is 2. The number of hydrogen-bond acceptors (Lipinski definition) is 6. The van der Waals surface area contributed by atoms with Gasteiger partial charge >= 0.3 is 0 Å². The fourth-order valence-electron chi connectivity index (χ4n) is 5.46. The SMILES string of the molecule is COCCOCC[N+](C)(C)CCNC(=O)c1cc(NC(=O)c2cc(NC(=O)c3ccc(/C=C/c4cnc5ccccc5c4)cc3)cn2C)cn1C. The lowest BCUT2D eigenvalue weighted by molar-refractivity contribution is -0.889. The molecule has 0 aliphatic heterocycles. The molecule has 0 unspecified atom stereocenters. The highest BCUT2D eigenvalue weighted by molar-refractivity contribution is 6.07. The Morgan fingerprint density at radius 2 is 1.41 bits per heavy atom. The molecule has 2 aromatic carbocycles. The van der Waals surface area contributed by atoms with Crippen LogP contribution in [0.5, 0.6) is 0 Å². The fraction of sp³-hybridized carbons (Fsp3) is 0.282. The maximum atomic E-state index is 13.2. The largest absolute Gasteiger partial charge is 0.382 e. The van der Waals surface area contributed by atoms with Crippen molar-refractivity contribution in [2.45, 2.75) is 0 Å². The number of aromatic nitrogens is 3. The van der Waals surface area contributed by atoms with Crippen molar-refractivity contribution in [3.63, 3.8) is 0 Å². The van der Waals surface area contributed by atoms with Crippen LogP contribution in [0, 0.1) is 0 Å². The van der Waals surface area contributed by atoms with Crippen molar-refractivity contribution in [2.75, 3.05) is 71.3 Å². The van der Waals surface area contributed by atoms with Gasteiger partial charge in [-0.3, -0.25) is 19.4 Å². The number of nitrogens with one attached hydrogen (secondary N) is 3. The lowest BCUT2D eigenvalue weighted by Gasteiger charge is -2.29. The van der Waals surface area contributed by atoms with E-state index in [9.17, 15) is 14.4 Å². The van der Waals surface area contributed by atoms with Crippen LogP contribution in [0.4, 0.5) is 11.4 Å². The zero-order chi connectivity index (χ0) is 36.4. The third-order valence-electron chi connectivity index (χ3n) is 8.52. The monoisotopic (exact) mass is 692 g/mol. The maximum absolute atomic E-state index is 13.2. The number of rotatable bonds is 16. The number of nitrogens with zero attached hydrogens (tertiary/aromatic N) is 4. The minimum absolute atomic E-state index is 0.232. The number of pyridine rings is 1.